The molecule has 2 aromatic rings. The zero-order valence-electron chi connectivity index (χ0n) is 15.2. The van der Waals surface area contributed by atoms with Crippen molar-refractivity contribution in [1.82, 2.24) is 20.0 Å². The second-order valence-electron chi connectivity index (χ2n) is 7.13. The normalized spacial score (nSPS) is 20.8. The van der Waals surface area contributed by atoms with E-state index in [1.807, 2.05) is 44.9 Å². The topological polar surface area (TPSA) is 90.9 Å². The smallest absolute Gasteiger partial charge is 0.147 e. The van der Waals surface area contributed by atoms with Crippen LogP contribution in [0.5, 0.6) is 0 Å². The lowest BCUT2D eigenvalue weighted by Gasteiger charge is -2.39. The van der Waals surface area contributed by atoms with Crippen LogP contribution in [0.3, 0.4) is 0 Å². The maximum atomic E-state index is 11.2. The zero-order chi connectivity index (χ0) is 18.2. The number of hydrogen-bond donors (Lipinski definition) is 1. The number of rotatable bonds is 3. The number of β-amino-alcohol motifs (C(OH)–C–C–N with tert-alkyl or cyclic N) is 1. The lowest BCUT2D eigenvalue weighted by atomic mass is 9.89. The number of anilines is 1. The third-order valence-electron chi connectivity index (χ3n) is 4.72. The Morgan fingerprint density at radius 1 is 1.36 bits per heavy atom. The Morgan fingerprint density at radius 2 is 2.12 bits per heavy atom. The van der Waals surface area contributed by atoms with E-state index >= 15 is 0 Å². The standard InChI is InChI=1S/C18H24N6O/c1-12(2)24-10-16(21-22-24)18(25)6-5-7-23(11-18)17-15(9-19)13(3)8-14(4)20-17/h8,10,12,25H,5-7,11H2,1-4H3/t18-/m0/s1. The van der Waals surface area contributed by atoms with Gasteiger partial charge in [0, 0.05) is 18.3 Å². The Balaban J connectivity index is 1.95. The first-order valence-corrected chi connectivity index (χ1v) is 8.62. The van der Waals surface area contributed by atoms with Crippen LogP contribution in [0.25, 0.3) is 0 Å². The van der Waals surface area contributed by atoms with E-state index in [9.17, 15) is 10.4 Å². The van der Waals surface area contributed by atoms with Crippen LogP contribution in [0, 0.1) is 25.2 Å². The monoisotopic (exact) mass is 340 g/mol. The molecule has 1 aliphatic heterocycles. The fourth-order valence-electron chi connectivity index (χ4n) is 3.35. The van der Waals surface area contributed by atoms with Gasteiger partial charge in [-0.05, 0) is 52.2 Å². The minimum Gasteiger partial charge on any atom is -0.382 e. The second kappa shape index (κ2) is 6.45. The quantitative estimate of drug-likeness (QED) is 0.921. The third-order valence-corrected chi connectivity index (χ3v) is 4.72. The van der Waals surface area contributed by atoms with Gasteiger partial charge in [-0.1, -0.05) is 5.21 Å². The van der Waals surface area contributed by atoms with Gasteiger partial charge in [0.05, 0.1) is 18.3 Å². The van der Waals surface area contributed by atoms with Crippen molar-refractivity contribution in [3.8, 4) is 6.07 Å². The molecule has 3 rings (SSSR count). The molecular weight excluding hydrogens is 316 g/mol. The van der Waals surface area contributed by atoms with E-state index in [4.69, 9.17) is 0 Å². The van der Waals surface area contributed by atoms with Crippen molar-refractivity contribution in [1.29, 1.82) is 5.26 Å². The highest BCUT2D eigenvalue weighted by Crippen LogP contribution is 2.34. The van der Waals surface area contributed by atoms with E-state index in [1.165, 1.54) is 0 Å². The molecule has 1 N–H and O–H groups in total. The van der Waals surface area contributed by atoms with Gasteiger partial charge in [0.15, 0.2) is 0 Å². The number of nitrogens with zero attached hydrogens (tertiary/aromatic N) is 6. The maximum absolute atomic E-state index is 11.2. The summed E-state index contributed by atoms with van der Waals surface area (Å²) in [4.78, 5) is 6.57. The van der Waals surface area contributed by atoms with Crippen LogP contribution in [0.1, 0.15) is 55.2 Å². The second-order valence-corrected chi connectivity index (χ2v) is 7.13. The molecule has 0 aliphatic carbocycles. The minimum absolute atomic E-state index is 0.191. The summed E-state index contributed by atoms with van der Waals surface area (Å²) in [6.07, 6.45) is 3.23. The molecule has 7 nitrogen and oxygen atoms in total. The van der Waals surface area contributed by atoms with E-state index in [0.29, 0.717) is 30.0 Å². The Bertz CT molecular complexity index is 821. The van der Waals surface area contributed by atoms with Crippen molar-refractivity contribution in [2.75, 3.05) is 18.0 Å². The van der Waals surface area contributed by atoms with Gasteiger partial charge in [-0.3, -0.25) is 0 Å². The fourth-order valence-corrected chi connectivity index (χ4v) is 3.35. The van der Waals surface area contributed by atoms with Crippen LogP contribution in [0.15, 0.2) is 12.3 Å². The Labute approximate surface area is 147 Å². The van der Waals surface area contributed by atoms with Crippen molar-refractivity contribution < 1.29 is 5.11 Å². The predicted octanol–water partition coefficient (Wildman–Crippen LogP) is 2.23. The SMILES string of the molecule is Cc1cc(C)c(C#N)c(N2CCC[C@@](O)(c3cn(C(C)C)nn3)C2)n1. The number of aliphatic hydroxyl groups is 1. The van der Waals surface area contributed by atoms with E-state index in [0.717, 1.165) is 24.2 Å². The molecule has 1 saturated heterocycles. The van der Waals surface area contributed by atoms with Gasteiger partial charge in [0.25, 0.3) is 0 Å². The molecule has 1 fully saturated rings. The minimum atomic E-state index is -1.09. The molecule has 0 aromatic carbocycles. The molecule has 132 valence electrons. The molecule has 0 spiro atoms. The lowest BCUT2D eigenvalue weighted by Crippen LogP contribution is -2.47. The maximum Gasteiger partial charge on any atom is 0.147 e. The fraction of sp³-hybridized carbons (Fsp3) is 0.556. The molecule has 0 bridgehead atoms. The Kier molecular flexibility index (Phi) is 4.48. The van der Waals surface area contributed by atoms with Gasteiger partial charge in [-0.25, -0.2) is 9.67 Å². The molecule has 0 saturated carbocycles. The van der Waals surface area contributed by atoms with Crippen molar-refractivity contribution >= 4 is 5.82 Å². The molecular formula is C18H24N6O. The summed E-state index contributed by atoms with van der Waals surface area (Å²) in [6.45, 7) is 8.99. The van der Waals surface area contributed by atoms with Crippen LogP contribution < -0.4 is 4.90 Å². The van der Waals surface area contributed by atoms with Gasteiger partial charge < -0.3 is 10.0 Å². The van der Waals surface area contributed by atoms with Gasteiger partial charge in [-0.15, -0.1) is 5.10 Å². The molecule has 7 heteroatoms. The zero-order valence-corrected chi connectivity index (χ0v) is 15.2. The number of hydrogen-bond acceptors (Lipinski definition) is 6. The summed E-state index contributed by atoms with van der Waals surface area (Å²) >= 11 is 0. The first-order chi connectivity index (χ1) is 11.8. The summed E-state index contributed by atoms with van der Waals surface area (Å²) in [7, 11) is 0. The third kappa shape index (κ3) is 3.22. The van der Waals surface area contributed by atoms with E-state index in [-0.39, 0.29) is 6.04 Å². The van der Waals surface area contributed by atoms with Crippen molar-refractivity contribution in [3.63, 3.8) is 0 Å². The highest BCUT2D eigenvalue weighted by atomic mass is 16.3. The van der Waals surface area contributed by atoms with Crippen molar-refractivity contribution in [2.45, 2.75) is 52.2 Å². The first-order valence-electron chi connectivity index (χ1n) is 8.62. The van der Waals surface area contributed by atoms with Gasteiger partial charge in [0.1, 0.15) is 23.2 Å². The largest absolute Gasteiger partial charge is 0.382 e. The van der Waals surface area contributed by atoms with E-state index in [2.05, 4.69) is 21.4 Å². The first kappa shape index (κ1) is 17.4. The average molecular weight is 340 g/mol. The van der Waals surface area contributed by atoms with E-state index in [1.54, 1.807) is 4.68 Å². The number of nitriles is 1. The molecule has 3 heterocycles. The van der Waals surface area contributed by atoms with E-state index < -0.39 is 5.60 Å². The van der Waals surface area contributed by atoms with Crippen LogP contribution >= 0.6 is 0 Å². The molecule has 1 atom stereocenters. The lowest BCUT2D eigenvalue weighted by molar-refractivity contribution is 0.0174. The molecule has 0 radical (unpaired) electrons. The molecule has 2 aromatic heterocycles. The molecule has 1 aliphatic rings. The number of aromatic nitrogens is 4. The van der Waals surface area contributed by atoms with Crippen LogP contribution in [-0.2, 0) is 5.60 Å². The predicted molar refractivity (Wildman–Crippen MR) is 94.2 cm³/mol. The van der Waals surface area contributed by atoms with Crippen LogP contribution in [0.2, 0.25) is 0 Å². The van der Waals surface area contributed by atoms with Crippen molar-refractivity contribution in [3.05, 3.63) is 34.8 Å². The number of aryl methyl sites for hydroxylation is 2. The Hall–Kier alpha value is -2.46. The highest BCUT2D eigenvalue weighted by Gasteiger charge is 2.39. The highest BCUT2D eigenvalue weighted by molar-refractivity contribution is 5.58. The van der Waals surface area contributed by atoms with Gasteiger partial charge in [0.2, 0.25) is 0 Å². The number of piperidine rings is 1. The Morgan fingerprint density at radius 3 is 2.76 bits per heavy atom. The van der Waals surface area contributed by atoms with Crippen LogP contribution in [-0.4, -0.2) is 38.2 Å². The summed E-state index contributed by atoms with van der Waals surface area (Å²) in [6, 6.07) is 4.36. The van der Waals surface area contributed by atoms with Gasteiger partial charge in [-0.2, -0.15) is 5.26 Å². The summed E-state index contributed by atoms with van der Waals surface area (Å²) in [5.41, 5.74) is 1.84. The van der Waals surface area contributed by atoms with Gasteiger partial charge >= 0.3 is 0 Å². The molecule has 25 heavy (non-hydrogen) atoms. The summed E-state index contributed by atoms with van der Waals surface area (Å²) < 4.78 is 1.75. The summed E-state index contributed by atoms with van der Waals surface area (Å²) in [5, 5.41) is 29.0. The molecule has 0 amide bonds. The molecule has 0 unspecified atom stereocenters. The average Bonchev–Trinajstić information content (AvgIpc) is 3.05. The van der Waals surface area contributed by atoms with Crippen molar-refractivity contribution in [2.24, 2.45) is 0 Å². The number of pyridine rings is 1. The summed E-state index contributed by atoms with van der Waals surface area (Å²) in [5.74, 6) is 0.648. The van der Waals surface area contributed by atoms with Crippen LogP contribution in [0.4, 0.5) is 5.82 Å².